The molecular weight excluding hydrogens is 284 g/mol. The van der Waals surface area contributed by atoms with Crippen molar-refractivity contribution in [1.82, 2.24) is 9.88 Å². The lowest BCUT2D eigenvalue weighted by atomic mass is 9.92. The number of anilines is 2. The highest BCUT2D eigenvalue weighted by molar-refractivity contribution is 7.18. The number of amides is 1. The number of aromatic nitrogens is 1. The number of carbonyl (C=O) groups excluding carboxylic acids is 1. The van der Waals surface area contributed by atoms with Crippen LogP contribution in [0.4, 0.5) is 10.9 Å². The standard InChI is InChI=1S/C15H26N4OS/c1-5-8-18(4)15-17-13(16)12(21-15)14(20)19-9-6-7-10(2)11(19)3/h10-11H,5-9,16H2,1-4H3. The molecule has 1 fully saturated rings. The van der Waals surface area contributed by atoms with E-state index in [1.165, 1.54) is 17.8 Å². The molecule has 2 heterocycles. The van der Waals surface area contributed by atoms with Gasteiger partial charge >= 0.3 is 0 Å². The van der Waals surface area contributed by atoms with E-state index in [0.29, 0.717) is 16.6 Å². The van der Waals surface area contributed by atoms with Gasteiger partial charge in [-0.15, -0.1) is 0 Å². The Morgan fingerprint density at radius 2 is 2.24 bits per heavy atom. The van der Waals surface area contributed by atoms with Crippen molar-refractivity contribution < 1.29 is 4.79 Å². The molecule has 1 aliphatic heterocycles. The molecule has 0 spiro atoms. The van der Waals surface area contributed by atoms with E-state index in [4.69, 9.17) is 5.73 Å². The van der Waals surface area contributed by atoms with Crippen LogP contribution in [0.5, 0.6) is 0 Å². The first-order valence-corrected chi connectivity index (χ1v) is 8.55. The molecule has 5 nitrogen and oxygen atoms in total. The van der Waals surface area contributed by atoms with E-state index >= 15 is 0 Å². The SMILES string of the molecule is CCCN(C)c1nc(N)c(C(=O)N2CCCC(C)C2C)s1. The summed E-state index contributed by atoms with van der Waals surface area (Å²) in [5.74, 6) is 0.952. The Hall–Kier alpha value is -1.30. The molecule has 2 atom stereocenters. The number of nitrogens with zero attached hydrogens (tertiary/aromatic N) is 3. The summed E-state index contributed by atoms with van der Waals surface area (Å²) in [5, 5.41) is 0.829. The first kappa shape index (κ1) is 16.1. The molecule has 1 aliphatic rings. The first-order valence-electron chi connectivity index (χ1n) is 7.74. The predicted molar refractivity (Wildman–Crippen MR) is 89.0 cm³/mol. The summed E-state index contributed by atoms with van der Waals surface area (Å²) in [6.07, 6.45) is 3.30. The van der Waals surface area contributed by atoms with Gasteiger partial charge in [-0.25, -0.2) is 4.98 Å². The van der Waals surface area contributed by atoms with Crippen LogP contribution in [-0.2, 0) is 0 Å². The van der Waals surface area contributed by atoms with Gasteiger partial charge in [-0.05, 0) is 32.1 Å². The Labute approximate surface area is 131 Å². The van der Waals surface area contributed by atoms with E-state index in [1.54, 1.807) is 0 Å². The highest BCUT2D eigenvalue weighted by atomic mass is 32.1. The van der Waals surface area contributed by atoms with Crippen molar-refractivity contribution in [2.75, 3.05) is 30.8 Å². The van der Waals surface area contributed by atoms with Crippen LogP contribution in [0.15, 0.2) is 0 Å². The summed E-state index contributed by atoms with van der Waals surface area (Å²) in [4.78, 5) is 21.7. The van der Waals surface area contributed by atoms with Crippen LogP contribution in [0.25, 0.3) is 0 Å². The van der Waals surface area contributed by atoms with Crippen molar-refractivity contribution in [1.29, 1.82) is 0 Å². The van der Waals surface area contributed by atoms with Crippen LogP contribution >= 0.6 is 11.3 Å². The molecule has 0 saturated carbocycles. The zero-order valence-corrected chi connectivity index (χ0v) is 14.2. The van der Waals surface area contributed by atoms with Crippen molar-refractivity contribution >= 4 is 28.2 Å². The topological polar surface area (TPSA) is 62.5 Å². The molecule has 2 N–H and O–H groups in total. The molecule has 1 saturated heterocycles. The Balaban J connectivity index is 2.19. The molecule has 0 radical (unpaired) electrons. The van der Waals surface area contributed by atoms with Crippen molar-refractivity contribution in [3.63, 3.8) is 0 Å². The summed E-state index contributed by atoms with van der Waals surface area (Å²) < 4.78 is 0. The average molecular weight is 310 g/mol. The molecule has 6 heteroatoms. The zero-order valence-electron chi connectivity index (χ0n) is 13.4. The second-order valence-corrected chi connectivity index (χ2v) is 6.97. The molecule has 1 aromatic heterocycles. The lowest BCUT2D eigenvalue weighted by molar-refractivity contribution is 0.0557. The molecule has 118 valence electrons. The van der Waals surface area contributed by atoms with Gasteiger partial charge < -0.3 is 15.5 Å². The molecule has 0 bridgehead atoms. The highest BCUT2D eigenvalue weighted by Crippen LogP contribution is 2.31. The minimum Gasteiger partial charge on any atom is -0.382 e. The summed E-state index contributed by atoms with van der Waals surface area (Å²) >= 11 is 1.41. The third kappa shape index (κ3) is 3.31. The van der Waals surface area contributed by atoms with Gasteiger partial charge in [0.25, 0.3) is 5.91 Å². The molecular formula is C15H26N4OS. The minimum atomic E-state index is 0.0419. The smallest absolute Gasteiger partial charge is 0.268 e. The summed E-state index contributed by atoms with van der Waals surface area (Å²) in [5.41, 5.74) is 5.99. The lowest BCUT2D eigenvalue weighted by Crippen LogP contribution is -2.45. The molecule has 0 aromatic carbocycles. The monoisotopic (exact) mass is 310 g/mol. The fourth-order valence-electron chi connectivity index (χ4n) is 2.82. The van der Waals surface area contributed by atoms with E-state index in [-0.39, 0.29) is 11.9 Å². The van der Waals surface area contributed by atoms with Crippen LogP contribution < -0.4 is 10.6 Å². The molecule has 2 rings (SSSR count). The molecule has 1 aromatic rings. The second-order valence-electron chi connectivity index (χ2n) is 5.99. The fourth-order valence-corrected chi connectivity index (χ4v) is 3.75. The van der Waals surface area contributed by atoms with E-state index in [1.807, 2.05) is 11.9 Å². The lowest BCUT2D eigenvalue weighted by Gasteiger charge is -2.37. The van der Waals surface area contributed by atoms with E-state index < -0.39 is 0 Å². The van der Waals surface area contributed by atoms with Gasteiger partial charge in [0, 0.05) is 26.2 Å². The van der Waals surface area contributed by atoms with E-state index in [9.17, 15) is 4.79 Å². The maximum absolute atomic E-state index is 12.8. The van der Waals surface area contributed by atoms with Crippen molar-refractivity contribution in [3.05, 3.63) is 4.88 Å². The number of nitrogen functional groups attached to an aromatic ring is 1. The van der Waals surface area contributed by atoms with Crippen LogP contribution in [0.3, 0.4) is 0 Å². The fraction of sp³-hybridized carbons (Fsp3) is 0.733. The van der Waals surface area contributed by atoms with Gasteiger partial charge in [0.2, 0.25) is 0 Å². The molecule has 0 aliphatic carbocycles. The third-order valence-corrected chi connectivity index (χ3v) is 5.53. The Bertz CT molecular complexity index is 502. The number of hydrogen-bond acceptors (Lipinski definition) is 5. The van der Waals surface area contributed by atoms with Crippen molar-refractivity contribution in [2.24, 2.45) is 5.92 Å². The number of likely N-dealkylation sites (tertiary alicyclic amines) is 1. The van der Waals surface area contributed by atoms with Gasteiger partial charge in [0.15, 0.2) is 5.13 Å². The average Bonchev–Trinajstić information content (AvgIpc) is 2.83. The summed E-state index contributed by atoms with van der Waals surface area (Å²) in [6, 6.07) is 0.268. The number of carbonyl (C=O) groups is 1. The largest absolute Gasteiger partial charge is 0.382 e. The number of piperidine rings is 1. The highest BCUT2D eigenvalue weighted by Gasteiger charge is 2.31. The van der Waals surface area contributed by atoms with Gasteiger partial charge in [-0.1, -0.05) is 25.2 Å². The number of thiazole rings is 1. The van der Waals surface area contributed by atoms with Gasteiger partial charge in [0.1, 0.15) is 10.7 Å². The summed E-state index contributed by atoms with van der Waals surface area (Å²) in [6.45, 7) is 8.19. The van der Waals surface area contributed by atoms with Crippen LogP contribution in [0, 0.1) is 5.92 Å². The predicted octanol–water partition coefficient (Wildman–Crippen LogP) is 2.83. The van der Waals surface area contributed by atoms with E-state index in [0.717, 1.165) is 31.1 Å². The number of rotatable bonds is 4. The zero-order chi connectivity index (χ0) is 15.6. The van der Waals surface area contributed by atoms with E-state index in [2.05, 4.69) is 30.7 Å². The van der Waals surface area contributed by atoms with Crippen LogP contribution in [-0.4, -0.2) is 42.0 Å². The Morgan fingerprint density at radius 3 is 2.90 bits per heavy atom. The Morgan fingerprint density at radius 1 is 1.52 bits per heavy atom. The minimum absolute atomic E-state index is 0.0419. The maximum atomic E-state index is 12.8. The van der Waals surface area contributed by atoms with Gasteiger partial charge in [-0.3, -0.25) is 4.79 Å². The Kier molecular flexibility index (Phi) is 5.08. The molecule has 1 amide bonds. The van der Waals surface area contributed by atoms with Crippen molar-refractivity contribution in [3.8, 4) is 0 Å². The first-order chi connectivity index (χ1) is 9.95. The number of nitrogens with two attached hydrogens (primary N) is 1. The van der Waals surface area contributed by atoms with Crippen LogP contribution in [0.1, 0.15) is 49.7 Å². The third-order valence-electron chi connectivity index (χ3n) is 4.36. The van der Waals surface area contributed by atoms with Crippen molar-refractivity contribution in [2.45, 2.75) is 46.1 Å². The van der Waals surface area contributed by atoms with Gasteiger partial charge in [0.05, 0.1) is 0 Å². The summed E-state index contributed by atoms with van der Waals surface area (Å²) in [7, 11) is 1.99. The molecule has 21 heavy (non-hydrogen) atoms. The second kappa shape index (κ2) is 6.64. The number of hydrogen-bond donors (Lipinski definition) is 1. The maximum Gasteiger partial charge on any atom is 0.268 e. The van der Waals surface area contributed by atoms with Crippen LogP contribution in [0.2, 0.25) is 0 Å². The van der Waals surface area contributed by atoms with Gasteiger partial charge in [-0.2, -0.15) is 0 Å². The molecule has 2 unspecified atom stereocenters. The quantitative estimate of drug-likeness (QED) is 0.929. The normalized spacial score (nSPS) is 22.4.